The summed E-state index contributed by atoms with van der Waals surface area (Å²) in [5, 5.41) is 2.28. The lowest BCUT2D eigenvalue weighted by molar-refractivity contribution is 0.494. The molecule has 5 rings (SSSR count). The van der Waals surface area contributed by atoms with Crippen LogP contribution in [0.4, 0.5) is 0 Å². The fraction of sp³-hybridized carbons (Fsp3) is 0.0370. The molecule has 0 aliphatic carbocycles. The van der Waals surface area contributed by atoms with Crippen LogP contribution in [0.2, 0.25) is 5.02 Å². The number of halogens is 1. The van der Waals surface area contributed by atoms with Gasteiger partial charge in [0.05, 0.1) is 5.66 Å². The Hall–Kier alpha value is -3.06. The fourth-order valence-electron chi connectivity index (χ4n) is 4.07. The maximum Gasteiger partial charge on any atom is 0.154 e. The quantitative estimate of drug-likeness (QED) is 0.324. The van der Waals surface area contributed by atoms with E-state index in [2.05, 4.69) is 0 Å². The van der Waals surface area contributed by atoms with Crippen LogP contribution in [0.15, 0.2) is 115 Å². The average Bonchev–Trinajstić information content (AvgIpc) is 2.84. The molecule has 0 aromatic heterocycles. The molecule has 1 unspecified atom stereocenters. The third-order valence-electron chi connectivity index (χ3n) is 5.55. The first-order valence-corrected chi connectivity index (χ1v) is 12.3. The second-order valence-electron chi connectivity index (χ2n) is 7.46. The van der Waals surface area contributed by atoms with E-state index in [1.54, 1.807) is 0 Å². The molecule has 0 saturated carbocycles. The maximum atomic E-state index is 15.1. The molecule has 0 spiro atoms. The van der Waals surface area contributed by atoms with Crippen molar-refractivity contribution in [2.24, 2.45) is 0 Å². The highest BCUT2D eigenvalue weighted by molar-refractivity contribution is 7.79. The highest BCUT2D eigenvalue weighted by atomic mass is 35.5. The molecule has 31 heavy (non-hydrogen) atoms. The van der Waals surface area contributed by atoms with E-state index >= 15 is 4.57 Å². The van der Waals surface area contributed by atoms with E-state index < -0.39 is 7.14 Å². The highest BCUT2D eigenvalue weighted by Gasteiger charge is 2.40. The molecule has 0 bridgehead atoms. The SMILES string of the molecule is O=P(c1ccccc1)(c1ccccc1)C1C=C(c2cccc(Cl)c2)Oc2ccccc21. The lowest BCUT2D eigenvalue weighted by atomic mass is 10.0. The topological polar surface area (TPSA) is 26.3 Å². The summed E-state index contributed by atoms with van der Waals surface area (Å²) in [6.45, 7) is 0. The third-order valence-corrected chi connectivity index (χ3v) is 9.12. The number of hydrogen-bond acceptors (Lipinski definition) is 2. The van der Waals surface area contributed by atoms with Gasteiger partial charge in [-0.05, 0) is 24.3 Å². The van der Waals surface area contributed by atoms with Gasteiger partial charge in [0.15, 0.2) is 7.14 Å². The molecule has 152 valence electrons. The Labute approximate surface area is 187 Å². The molecule has 1 aliphatic rings. The van der Waals surface area contributed by atoms with E-state index in [4.69, 9.17) is 16.3 Å². The normalized spacial score (nSPS) is 15.5. The van der Waals surface area contributed by atoms with Crippen LogP contribution in [0.1, 0.15) is 16.8 Å². The van der Waals surface area contributed by atoms with Crippen LogP contribution in [0.3, 0.4) is 0 Å². The molecule has 0 N–H and O–H groups in total. The van der Waals surface area contributed by atoms with E-state index in [1.807, 2.05) is 115 Å². The van der Waals surface area contributed by atoms with Crippen LogP contribution in [-0.2, 0) is 4.57 Å². The second kappa shape index (κ2) is 8.23. The van der Waals surface area contributed by atoms with Crippen molar-refractivity contribution in [1.82, 2.24) is 0 Å². The van der Waals surface area contributed by atoms with E-state index in [0.717, 1.165) is 27.5 Å². The number of para-hydroxylation sites is 1. The molecule has 2 nitrogen and oxygen atoms in total. The Morgan fingerprint density at radius 2 is 1.32 bits per heavy atom. The third kappa shape index (κ3) is 3.63. The summed E-state index contributed by atoms with van der Waals surface area (Å²) < 4.78 is 21.3. The van der Waals surface area contributed by atoms with Gasteiger partial charge in [-0.15, -0.1) is 0 Å². The van der Waals surface area contributed by atoms with Gasteiger partial charge >= 0.3 is 0 Å². The fourth-order valence-corrected chi connectivity index (χ4v) is 7.38. The van der Waals surface area contributed by atoms with Crippen molar-refractivity contribution in [2.75, 3.05) is 0 Å². The zero-order valence-corrected chi connectivity index (χ0v) is 18.3. The van der Waals surface area contributed by atoms with Crippen LogP contribution in [0.25, 0.3) is 5.76 Å². The largest absolute Gasteiger partial charge is 0.457 e. The number of hydrogen-bond donors (Lipinski definition) is 0. The summed E-state index contributed by atoms with van der Waals surface area (Å²) in [5.41, 5.74) is 1.42. The first-order chi connectivity index (χ1) is 15.2. The van der Waals surface area contributed by atoms with Crippen molar-refractivity contribution in [3.63, 3.8) is 0 Å². The maximum absolute atomic E-state index is 15.1. The van der Waals surface area contributed by atoms with Gasteiger partial charge in [-0.25, -0.2) is 0 Å². The minimum atomic E-state index is -3.09. The minimum Gasteiger partial charge on any atom is -0.457 e. The first kappa shape index (κ1) is 19.9. The van der Waals surface area contributed by atoms with Gasteiger partial charge in [-0.3, -0.25) is 0 Å². The van der Waals surface area contributed by atoms with Crippen LogP contribution < -0.4 is 15.3 Å². The lowest BCUT2D eigenvalue weighted by Crippen LogP contribution is -2.23. The van der Waals surface area contributed by atoms with E-state index in [0.29, 0.717) is 10.8 Å². The summed E-state index contributed by atoms with van der Waals surface area (Å²) in [4.78, 5) is 0. The second-order valence-corrected chi connectivity index (χ2v) is 10.8. The van der Waals surface area contributed by atoms with Gasteiger partial charge in [0.25, 0.3) is 0 Å². The van der Waals surface area contributed by atoms with Gasteiger partial charge in [0.2, 0.25) is 0 Å². The number of allylic oxidation sites excluding steroid dienone is 1. The Kier molecular flexibility index (Phi) is 5.28. The lowest BCUT2D eigenvalue weighted by Gasteiger charge is -2.32. The first-order valence-electron chi connectivity index (χ1n) is 10.1. The van der Waals surface area contributed by atoms with Crippen LogP contribution >= 0.6 is 18.7 Å². The van der Waals surface area contributed by atoms with Gasteiger partial charge in [-0.1, -0.05) is 103 Å². The number of fused-ring (bicyclic) bond motifs is 1. The van der Waals surface area contributed by atoms with Gasteiger partial charge < -0.3 is 9.30 Å². The Morgan fingerprint density at radius 3 is 1.97 bits per heavy atom. The molecular formula is C27H20ClO2P. The summed E-state index contributed by atoms with van der Waals surface area (Å²) in [7, 11) is -3.09. The van der Waals surface area contributed by atoms with E-state index in [-0.39, 0.29) is 5.66 Å². The summed E-state index contributed by atoms with van der Waals surface area (Å²) >= 11 is 6.24. The van der Waals surface area contributed by atoms with Crippen LogP contribution in [-0.4, -0.2) is 0 Å². The Balaban J connectivity index is 1.77. The molecule has 1 heterocycles. The van der Waals surface area contributed by atoms with Gasteiger partial charge in [-0.2, -0.15) is 0 Å². The van der Waals surface area contributed by atoms with Crippen molar-refractivity contribution in [3.05, 3.63) is 131 Å². The number of ether oxygens (including phenoxy) is 1. The predicted octanol–water partition coefficient (Wildman–Crippen LogP) is 6.83. The van der Waals surface area contributed by atoms with Crippen LogP contribution in [0.5, 0.6) is 5.75 Å². The van der Waals surface area contributed by atoms with Crippen LogP contribution in [0, 0.1) is 0 Å². The summed E-state index contributed by atoms with van der Waals surface area (Å²) in [6.07, 6.45) is 1.99. The molecule has 0 fully saturated rings. The molecule has 1 aliphatic heterocycles. The Bertz CT molecular complexity index is 1260. The zero-order chi connectivity index (χ0) is 21.3. The molecule has 0 amide bonds. The average molecular weight is 443 g/mol. The summed E-state index contributed by atoms with van der Waals surface area (Å²) in [5.74, 6) is 1.38. The molecular weight excluding hydrogens is 423 g/mol. The standard InChI is InChI=1S/C27H20ClO2P/c28-21-11-9-10-20(18-21)26-19-27(24-16-7-8-17-25(24)30-26)31(29,22-12-3-1-4-13-22)23-14-5-2-6-15-23/h1-19,27H. The van der Waals surface area contributed by atoms with Crippen molar-refractivity contribution in [2.45, 2.75) is 5.66 Å². The molecule has 4 aromatic carbocycles. The van der Waals surface area contributed by atoms with Crippen molar-refractivity contribution < 1.29 is 9.30 Å². The Morgan fingerprint density at radius 1 is 0.710 bits per heavy atom. The molecule has 0 radical (unpaired) electrons. The summed E-state index contributed by atoms with van der Waals surface area (Å²) in [6, 6.07) is 34.9. The smallest absolute Gasteiger partial charge is 0.154 e. The monoisotopic (exact) mass is 442 g/mol. The predicted molar refractivity (Wildman–Crippen MR) is 129 cm³/mol. The van der Waals surface area contributed by atoms with Gasteiger partial charge in [0.1, 0.15) is 11.5 Å². The molecule has 1 atom stereocenters. The molecule has 0 saturated heterocycles. The van der Waals surface area contributed by atoms with Gasteiger partial charge in [0, 0.05) is 26.8 Å². The molecule has 4 heteroatoms. The number of rotatable bonds is 4. The van der Waals surface area contributed by atoms with Crippen molar-refractivity contribution >= 4 is 35.1 Å². The minimum absolute atomic E-state index is 0.365. The van der Waals surface area contributed by atoms with E-state index in [9.17, 15) is 0 Å². The highest BCUT2D eigenvalue weighted by Crippen LogP contribution is 2.61. The molecule has 4 aromatic rings. The number of benzene rings is 4. The van der Waals surface area contributed by atoms with Crippen molar-refractivity contribution in [1.29, 1.82) is 0 Å². The van der Waals surface area contributed by atoms with Crippen molar-refractivity contribution in [3.8, 4) is 5.75 Å². The zero-order valence-electron chi connectivity index (χ0n) is 16.7. The van der Waals surface area contributed by atoms with E-state index in [1.165, 1.54) is 0 Å².